The van der Waals surface area contributed by atoms with Crippen molar-refractivity contribution >= 4 is 131 Å². The zero-order chi connectivity index (χ0) is 85.0. The molecule has 2 aliphatic carbocycles. The fourth-order valence-electron chi connectivity index (χ4n) is 22.0. The monoisotopic (exact) mass is 1630 g/mol. The van der Waals surface area contributed by atoms with Gasteiger partial charge >= 0.3 is 0 Å². The minimum absolute atomic E-state index is 0.342. The first-order valence-corrected chi connectivity index (χ1v) is 44.8. The van der Waals surface area contributed by atoms with Crippen LogP contribution in [0.25, 0.3) is 197 Å². The molecule has 0 saturated carbocycles. The van der Waals surface area contributed by atoms with Gasteiger partial charge in [0, 0.05) is 44.7 Å². The van der Waals surface area contributed by atoms with Gasteiger partial charge in [0.15, 0.2) is 0 Å². The zero-order valence-corrected chi connectivity index (χ0v) is 71.6. The standard InChI is InChI=1S/C126H86N2/c1-125(2)118-74-91(114-71-88-33-13-15-37-98(88)102-40-17-19-42-104(102)114)54-61-108(118)110-64-59-96(77-120(110)125)127(94-57-53-86-67-84-31-11-12-32-85(84)69-93(86)70-94)123-66-56-90(73-116(123)82-51-49-81(50-52-82)79-27-7-5-8-28-79)101-46-26-47-113-107-63-58-95(76-117(107)106-44-21-22-45-112(106)124(101)113)128(122-48-24-23-39-100(122)87-36-25-35-83(68-87)80-29-9-6-10-30-80)97-60-65-111-109-62-55-92(75-119(109)126(3,4)121(111)78-97)115-72-89-34-14-16-38-99(89)103-41-18-20-43-105(103)115/h5-78H,1-4H3. The van der Waals surface area contributed by atoms with E-state index in [1.807, 2.05) is 0 Å². The predicted octanol–water partition coefficient (Wildman–Crippen LogP) is 35.3. The number of benzene rings is 23. The Morgan fingerprint density at radius 2 is 0.500 bits per heavy atom. The van der Waals surface area contributed by atoms with Crippen molar-refractivity contribution in [2.45, 2.75) is 38.5 Å². The number of hydrogen-bond donors (Lipinski definition) is 0. The number of fused-ring (bicyclic) bond motifs is 20. The molecule has 25 rings (SSSR count). The molecule has 0 unspecified atom stereocenters. The summed E-state index contributed by atoms with van der Waals surface area (Å²) in [6.45, 7) is 9.72. The zero-order valence-electron chi connectivity index (χ0n) is 71.6. The summed E-state index contributed by atoms with van der Waals surface area (Å²) < 4.78 is 0. The molecule has 2 heteroatoms. The van der Waals surface area contributed by atoms with Crippen LogP contribution >= 0.6 is 0 Å². The maximum absolute atomic E-state index is 2.55. The van der Waals surface area contributed by atoms with Gasteiger partial charge in [-0.15, -0.1) is 0 Å². The lowest BCUT2D eigenvalue weighted by atomic mass is 9.81. The van der Waals surface area contributed by atoms with Crippen LogP contribution in [-0.4, -0.2) is 0 Å². The van der Waals surface area contributed by atoms with Crippen molar-refractivity contribution in [3.8, 4) is 100 Å². The summed E-state index contributed by atoms with van der Waals surface area (Å²) in [7, 11) is 0. The van der Waals surface area contributed by atoms with Crippen LogP contribution in [0.1, 0.15) is 49.9 Å². The largest absolute Gasteiger partial charge is 0.310 e. The summed E-state index contributed by atoms with van der Waals surface area (Å²) in [5, 5.41) is 22.1. The van der Waals surface area contributed by atoms with Gasteiger partial charge in [0.1, 0.15) is 0 Å². The van der Waals surface area contributed by atoms with Crippen molar-refractivity contribution in [3.63, 3.8) is 0 Å². The van der Waals surface area contributed by atoms with E-state index >= 15 is 0 Å². The first-order valence-electron chi connectivity index (χ1n) is 44.8. The fraction of sp³-hybridized carbons (Fsp3) is 0.0476. The highest BCUT2D eigenvalue weighted by Crippen LogP contribution is 2.57. The highest BCUT2D eigenvalue weighted by molar-refractivity contribution is 6.29. The molecule has 2 nitrogen and oxygen atoms in total. The van der Waals surface area contributed by atoms with Crippen molar-refractivity contribution in [2.24, 2.45) is 0 Å². The van der Waals surface area contributed by atoms with E-state index in [0.29, 0.717) is 0 Å². The lowest BCUT2D eigenvalue weighted by Crippen LogP contribution is -2.17. The van der Waals surface area contributed by atoms with Gasteiger partial charge in [-0.1, -0.05) is 367 Å². The molecule has 23 aromatic rings. The Labute approximate surface area is 745 Å². The molecule has 600 valence electrons. The smallest absolute Gasteiger partial charge is 0.0540 e. The molecule has 2 aliphatic rings. The van der Waals surface area contributed by atoms with Gasteiger partial charge in [-0.3, -0.25) is 0 Å². The van der Waals surface area contributed by atoms with Gasteiger partial charge in [0.25, 0.3) is 0 Å². The maximum Gasteiger partial charge on any atom is 0.0540 e. The van der Waals surface area contributed by atoms with E-state index in [9.17, 15) is 0 Å². The van der Waals surface area contributed by atoms with Gasteiger partial charge in [-0.25, -0.2) is 0 Å². The summed E-state index contributed by atoms with van der Waals surface area (Å²) in [5.74, 6) is 0. The second kappa shape index (κ2) is 29.3. The Balaban J connectivity index is 0.652. The topological polar surface area (TPSA) is 6.48 Å². The van der Waals surface area contributed by atoms with Gasteiger partial charge in [-0.2, -0.15) is 0 Å². The molecule has 0 fully saturated rings. The van der Waals surface area contributed by atoms with Crippen LogP contribution in [0.3, 0.4) is 0 Å². The molecule has 0 radical (unpaired) electrons. The average Bonchev–Trinajstić information content (AvgIpc) is 1.56. The van der Waals surface area contributed by atoms with Crippen LogP contribution in [-0.2, 0) is 10.8 Å². The first-order chi connectivity index (χ1) is 62.9. The molecule has 0 N–H and O–H groups in total. The van der Waals surface area contributed by atoms with Gasteiger partial charge in [0.2, 0.25) is 0 Å². The van der Waals surface area contributed by atoms with Crippen molar-refractivity contribution < 1.29 is 0 Å². The molecule has 0 aromatic heterocycles. The number of nitrogens with zero attached hydrogens (tertiary/aromatic N) is 2. The lowest BCUT2D eigenvalue weighted by Gasteiger charge is -2.30. The maximum atomic E-state index is 2.55. The van der Waals surface area contributed by atoms with Gasteiger partial charge < -0.3 is 9.80 Å². The highest BCUT2D eigenvalue weighted by Gasteiger charge is 2.39. The summed E-state index contributed by atoms with van der Waals surface area (Å²) in [6.07, 6.45) is 0. The third-order valence-corrected chi connectivity index (χ3v) is 28.3. The van der Waals surface area contributed by atoms with Crippen molar-refractivity contribution in [3.05, 3.63) is 471 Å². The number of rotatable bonds is 13. The Hall–Kier alpha value is -16.0. The second-order valence-corrected chi connectivity index (χ2v) is 36.2. The highest BCUT2D eigenvalue weighted by atomic mass is 15.2. The first kappa shape index (κ1) is 74.6. The molecule has 0 saturated heterocycles. The Morgan fingerprint density at radius 3 is 1.09 bits per heavy atom. The summed E-state index contributed by atoms with van der Waals surface area (Å²) in [5.41, 5.74) is 32.7. The summed E-state index contributed by atoms with van der Waals surface area (Å²) >= 11 is 0. The van der Waals surface area contributed by atoms with Crippen LogP contribution in [0.5, 0.6) is 0 Å². The van der Waals surface area contributed by atoms with Gasteiger partial charge in [0.05, 0.1) is 11.4 Å². The van der Waals surface area contributed by atoms with E-state index in [1.54, 1.807) is 0 Å². The van der Waals surface area contributed by atoms with E-state index in [1.165, 1.54) is 192 Å². The molecule has 0 atom stereocenters. The third kappa shape index (κ3) is 12.0. The molecule has 0 amide bonds. The molecule has 0 spiro atoms. The van der Waals surface area contributed by atoms with E-state index in [-0.39, 0.29) is 10.8 Å². The predicted molar refractivity (Wildman–Crippen MR) is 547 cm³/mol. The average molecular weight is 1630 g/mol. The lowest BCUT2D eigenvalue weighted by molar-refractivity contribution is 0.660. The Kier molecular flexibility index (Phi) is 17.1. The van der Waals surface area contributed by atoms with Crippen LogP contribution in [0.4, 0.5) is 34.1 Å². The van der Waals surface area contributed by atoms with Crippen molar-refractivity contribution in [2.75, 3.05) is 9.80 Å². The van der Waals surface area contributed by atoms with Crippen LogP contribution in [0.15, 0.2) is 449 Å². The minimum Gasteiger partial charge on any atom is -0.310 e. The molecule has 128 heavy (non-hydrogen) atoms. The van der Waals surface area contributed by atoms with Crippen molar-refractivity contribution in [1.82, 2.24) is 0 Å². The van der Waals surface area contributed by atoms with Crippen molar-refractivity contribution in [1.29, 1.82) is 0 Å². The molecular weight excluding hydrogens is 1540 g/mol. The minimum atomic E-state index is -0.350. The molecule has 0 aliphatic heterocycles. The van der Waals surface area contributed by atoms with E-state index in [4.69, 9.17) is 0 Å². The fourth-order valence-corrected chi connectivity index (χ4v) is 22.0. The Bertz CT molecular complexity index is 8530. The van der Waals surface area contributed by atoms with E-state index in [0.717, 1.165) is 61.9 Å². The summed E-state index contributed by atoms with van der Waals surface area (Å²) in [6, 6.07) is 170. The number of hydrogen-bond acceptors (Lipinski definition) is 2. The Morgan fingerprint density at radius 1 is 0.148 bits per heavy atom. The number of para-hydroxylation sites is 1. The van der Waals surface area contributed by atoms with Crippen LogP contribution in [0, 0.1) is 0 Å². The molecular formula is C126H86N2. The summed E-state index contributed by atoms with van der Waals surface area (Å²) in [4.78, 5) is 5.08. The second-order valence-electron chi connectivity index (χ2n) is 36.2. The third-order valence-electron chi connectivity index (χ3n) is 28.3. The normalized spacial score (nSPS) is 13.0. The van der Waals surface area contributed by atoms with Crippen LogP contribution in [0.2, 0.25) is 0 Å². The van der Waals surface area contributed by atoms with Crippen LogP contribution < -0.4 is 9.80 Å². The van der Waals surface area contributed by atoms with Gasteiger partial charge in [-0.05, 0) is 317 Å². The van der Waals surface area contributed by atoms with E-state index in [2.05, 4.69) is 486 Å². The molecule has 23 aromatic carbocycles. The van der Waals surface area contributed by atoms with E-state index < -0.39 is 0 Å². The number of anilines is 6. The SMILES string of the molecule is CC1(C)c2cc(-c3cc4ccccc4c4ccccc34)ccc2-c2ccc(N(c3ccc4c(c3)c3ccccc3c3c(-c5ccc(N(c6ccc7c(c6)C(C)(C)c6cc(-c8cc9ccccc9c9ccccc89)ccc6-7)c6ccc7cc8ccccc8cc7c6)c(-c6ccc(-c7ccccc7)cc6)c5)cccc43)c3ccccc3-c3cccc(-c4ccccc4)c3)cc21. The molecule has 0 bridgehead atoms. The quantitative estimate of drug-likeness (QED) is 0.0838. The molecule has 0 heterocycles.